The van der Waals surface area contributed by atoms with E-state index in [2.05, 4.69) is 73.3 Å². The van der Waals surface area contributed by atoms with E-state index in [9.17, 15) is 28.4 Å². The van der Waals surface area contributed by atoms with Gasteiger partial charge in [-0.05, 0) is 137 Å². The number of ether oxygens (including phenoxy) is 8. The largest absolute Gasteiger partial charge is 0.497 e. The number of nitrogens with one attached hydrogen (secondary N) is 1. The van der Waals surface area contributed by atoms with E-state index in [1.54, 1.807) is 78.5 Å². The van der Waals surface area contributed by atoms with Crippen LogP contribution >= 0.6 is 47.8 Å². The van der Waals surface area contributed by atoms with Crippen LogP contribution in [0, 0.1) is 12.7 Å². The number of alkyl halides is 3. The van der Waals surface area contributed by atoms with Crippen LogP contribution in [-0.4, -0.2) is 134 Å². The second-order valence-electron chi connectivity index (χ2n) is 21.2. The van der Waals surface area contributed by atoms with E-state index in [1.165, 1.54) is 42.6 Å². The van der Waals surface area contributed by atoms with Crippen molar-refractivity contribution in [3.63, 3.8) is 0 Å². The molecule has 0 amide bonds. The number of aryl methyl sites for hydroxylation is 1. The number of aliphatic hydroxyl groups is 1. The van der Waals surface area contributed by atoms with E-state index in [4.69, 9.17) is 43.0 Å². The number of aromatic amines is 1. The molecule has 0 saturated carbocycles. The summed E-state index contributed by atoms with van der Waals surface area (Å²) < 4.78 is 57.8. The number of aromatic nitrogens is 8. The Hall–Kier alpha value is -7.94. The van der Waals surface area contributed by atoms with E-state index in [0.717, 1.165) is 50.6 Å². The average Bonchev–Trinajstić information content (AvgIpc) is 1.82. The Morgan fingerprint density at radius 3 is 1.37 bits per heavy atom. The van der Waals surface area contributed by atoms with Gasteiger partial charge in [0.2, 0.25) is 0 Å². The fraction of sp³-hybridized carbons (Fsp3) is 0.361. The first-order valence-electron chi connectivity index (χ1n) is 26.4. The van der Waals surface area contributed by atoms with E-state index in [-0.39, 0.29) is 20.8 Å². The van der Waals surface area contributed by atoms with Crippen molar-refractivity contribution in [2.75, 3.05) is 42.7 Å². The summed E-state index contributed by atoms with van der Waals surface area (Å²) in [7, 11) is 8.79. The zero-order chi connectivity index (χ0) is 65.3. The highest BCUT2D eigenvalue weighted by molar-refractivity contribution is 9.24. The molecule has 0 spiro atoms. The predicted molar refractivity (Wildman–Crippen MR) is 341 cm³/mol. The van der Waals surface area contributed by atoms with Crippen molar-refractivity contribution in [1.82, 2.24) is 39.5 Å². The molecule has 26 heteroatoms. The minimum atomic E-state index is -0.643. The van der Waals surface area contributed by atoms with Crippen LogP contribution in [-0.2, 0) is 19.5 Å². The second-order valence-corrected chi connectivity index (χ2v) is 24.8. The number of carbonyl (C=O) groups is 5. The van der Waals surface area contributed by atoms with E-state index >= 15 is 0 Å². The molecule has 22 nitrogen and oxygen atoms in total. The number of halogens is 4. The molecule has 468 valence electrons. The van der Waals surface area contributed by atoms with Crippen molar-refractivity contribution >= 4 is 122 Å². The summed E-state index contributed by atoms with van der Waals surface area (Å²) in [4.78, 5) is 58.5. The lowest BCUT2D eigenvalue weighted by Crippen LogP contribution is -2.27. The molecular formula is C61H72Br3FN8O14. The van der Waals surface area contributed by atoms with Crippen LogP contribution in [0.4, 0.5) is 18.8 Å². The highest BCUT2D eigenvalue weighted by Gasteiger charge is 2.26. The molecule has 0 saturated heterocycles. The van der Waals surface area contributed by atoms with Gasteiger partial charge >= 0.3 is 18.3 Å². The van der Waals surface area contributed by atoms with E-state index in [1.807, 2.05) is 90.9 Å². The first kappa shape index (κ1) is 71.5. The number of rotatable bonds is 9. The first-order chi connectivity index (χ1) is 40.9. The minimum absolute atomic E-state index is 0.0933. The molecule has 9 rings (SSSR count). The lowest BCUT2D eigenvalue weighted by molar-refractivity contribution is 0.0511. The van der Waals surface area contributed by atoms with Gasteiger partial charge in [0.1, 0.15) is 60.8 Å². The van der Waals surface area contributed by atoms with Crippen LogP contribution in [0.25, 0.3) is 43.6 Å². The first-order valence-corrected chi connectivity index (χ1v) is 29.3. The zero-order valence-electron chi connectivity index (χ0n) is 51.4. The number of hydrogen-bond donors (Lipinski definition) is 2. The zero-order valence-corrected chi connectivity index (χ0v) is 56.2. The minimum Gasteiger partial charge on any atom is -0.497 e. The van der Waals surface area contributed by atoms with Gasteiger partial charge in [-0.1, -0.05) is 47.8 Å². The molecule has 0 aliphatic carbocycles. The molecule has 0 bridgehead atoms. The highest BCUT2D eigenvalue weighted by atomic mass is 79.9. The molecule has 0 aliphatic heterocycles. The Balaban J connectivity index is 0.000000235. The van der Waals surface area contributed by atoms with Crippen molar-refractivity contribution in [2.45, 2.75) is 102 Å². The smallest absolute Gasteiger partial charge is 0.435 e. The number of ketones is 1. The van der Waals surface area contributed by atoms with Gasteiger partial charge in [-0.2, -0.15) is 34.4 Å². The molecule has 0 fully saturated rings. The monoisotopic (exact) mass is 1400 g/mol. The normalized spacial score (nSPS) is 11.0. The number of aliphatic hydroxyl groups excluding tert-OH is 1. The number of aldehydes is 1. The Morgan fingerprint density at radius 2 is 0.954 bits per heavy atom. The fourth-order valence-electron chi connectivity index (χ4n) is 7.62. The Bertz CT molecular complexity index is 3840. The number of fused-ring (bicyclic) bond motifs is 4. The van der Waals surface area contributed by atoms with Gasteiger partial charge in [0.05, 0.1) is 74.6 Å². The van der Waals surface area contributed by atoms with E-state index in [0.29, 0.717) is 62.2 Å². The maximum Gasteiger partial charge on any atom is 0.435 e. The molecule has 0 aliphatic rings. The number of carbonyl (C=O) groups excluding carboxylic acids is 5. The van der Waals surface area contributed by atoms with Crippen LogP contribution in [0.1, 0.15) is 111 Å². The average molecular weight is 1400 g/mol. The SMILES string of the molecule is CO.COc1ccc(C(C)=O)c(F)c1.COc1ccc2c(C(Br)Br)nn(C(=O)OC(C)(C)C)c2c1.COc1ccc2c(C)[nH]nc2c1.COc1ccc2c(C=O)nn(C(=O)OC(C)(C)C)c2c1.COc1ccc2c(CBr)nn(C(=O)OC(C)(C)C)c2c1. The summed E-state index contributed by atoms with van der Waals surface area (Å²) in [5, 5.41) is 30.7. The molecule has 4 heterocycles. The van der Waals surface area contributed by atoms with Crippen LogP contribution in [0.15, 0.2) is 91.0 Å². The maximum atomic E-state index is 13.0. The van der Waals surface area contributed by atoms with Crippen molar-refractivity contribution in [3.8, 4) is 28.7 Å². The molecule has 9 aromatic rings. The Kier molecular flexibility index (Phi) is 26.0. The summed E-state index contributed by atoms with van der Waals surface area (Å²) in [6, 6.07) is 26.0. The Morgan fingerprint density at radius 1 is 0.575 bits per heavy atom. The number of H-pyrrole nitrogens is 1. The third-order valence-electron chi connectivity index (χ3n) is 11.5. The van der Waals surface area contributed by atoms with Gasteiger partial charge in [-0.15, -0.1) is 0 Å². The lowest BCUT2D eigenvalue weighted by atomic mass is 10.1. The van der Waals surface area contributed by atoms with Gasteiger partial charge < -0.3 is 43.0 Å². The number of Topliss-reactive ketones (excluding diaryl/α,β-unsaturated/α-hetero) is 1. The molecular weight excluding hydrogens is 1330 g/mol. The number of hydrogen-bond acceptors (Lipinski definition) is 18. The fourth-order valence-corrected chi connectivity index (χ4v) is 8.71. The topological polar surface area (TPSA) is 262 Å². The maximum absolute atomic E-state index is 13.0. The lowest BCUT2D eigenvalue weighted by Gasteiger charge is -2.19. The predicted octanol–water partition coefficient (Wildman–Crippen LogP) is 14.5. The van der Waals surface area contributed by atoms with E-state index < -0.39 is 40.9 Å². The molecule has 2 N–H and O–H groups in total. The highest BCUT2D eigenvalue weighted by Crippen LogP contribution is 2.36. The standard InChI is InChI=1S/C14H16Br2N2O3.C14H17BrN2O3.C14H16N2O4.C9H9FO2.C9H10N2O.CH4O/c1-14(2,3)21-13(19)18-10-7-8(20-4)5-6-9(10)11(17-18)12(15)16;1-14(2,3)20-13(18)17-12-7-9(19-4)5-6-10(12)11(8-15)16-17;1-14(2,3)20-13(18)16-12-7-9(19-4)5-6-10(12)11(8-17)15-16;1-6(11)8-4-3-7(12-2)5-9(8)10;1-6-8-4-3-7(12-2)5-9(8)11-10-6;1-2/h5-7,12H,1-4H3;5-7H,8H2,1-4H3;5-8H,1-4H3;3-5H,1-2H3;3-5H,1-2H3,(H,10,11);2H,1H3. The molecule has 87 heavy (non-hydrogen) atoms. The van der Waals surface area contributed by atoms with Crippen LogP contribution in [0.2, 0.25) is 0 Å². The van der Waals surface area contributed by atoms with Crippen molar-refractivity contribution in [1.29, 1.82) is 0 Å². The number of methoxy groups -OCH3 is 5. The summed E-state index contributed by atoms with van der Waals surface area (Å²) in [5.41, 5.74) is 3.81. The van der Waals surface area contributed by atoms with Crippen molar-refractivity contribution in [2.24, 2.45) is 0 Å². The van der Waals surface area contributed by atoms with Crippen LogP contribution < -0.4 is 23.7 Å². The van der Waals surface area contributed by atoms with Crippen LogP contribution in [0.5, 0.6) is 28.7 Å². The van der Waals surface area contributed by atoms with Crippen molar-refractivity contribution < 1.29 is 71.4 Å². The van der Waals surface area contributed by atoms with Gasteiger partial charge in [0, 0.05) is 70.0 Å². The van der Waals surface area contributed by atoms with Gasteiger partial charge in [-0.25, -0.2) is 18.8 Å². The summed E-state index contributed by atoms with van der Waals surface area (Å²) in [6.45, 7) is 19.5. The van der Waals surface area contributed by atoms with Crippen LogP contribution in [0.3, 0.4) is 0 Å². The summed E-state index contributed by atoms with van der Waals surface area (Å²) >= 11 is 10.2. The Labute approximate surface area is 528 Å². The third-order valence-corrected chi connectivity index (χ3v) is 12.8. The van der Waals surface area contributed by atoms with Gasteiger partial charge in [0.15, 0.2) is 12.1 Å². The van der Waals surface area contributed by atoms with Gasteiger partial charge in [0.25, 0.3) is 0 Å². The molecule has 0 unspecified atom stereocenters. The second kappa shape index (κ2) is 31.6. The summed E-state index contributed by atoms with van der Waals surface area (Å²) in [5.74, 6) is 2.32. The number of benzene rings is 5. The third kappa shape index (κ3) is 19.8. The molecule has 4 aromatic heterocycles. The van der Waals surface area contributed by atoms with Gasteiger partial charge in [-0.3, -0.25) is 14.7 Å². The number of nitrogens with zero attached hydrogens (tertiary/aromatic N) is 7. The quantitative estimate of drug-likeness (QED) is 0.0589. The molecule has 5 aromatic carbocycles. The van der Waals surface area contributed by atoms with Crippen molar-refractivity contribution in [3.05, 3.63) is 125 Å². The molecule has 0 radical (unpaired) electrons. The summed E-state index contributed by atoms with van der Waals surface area (Å²) in [6.07, 6.45) is -1.05. The molecule has 0 atom stereocenters.